The highest BCUT2D eigenvalue weighted by molar-refractivity contribution is 7.88. The predicted molar refractivity (Wildman–Crippen MR) is 74.1 cm³/mol. The van der Waals surface area contributed by atoms with Gasteiger partial charge >= 0.3 is 0 Å². The Labute approximate surface area is 114 Å². The van der Waals surface area contributed by atoms with Gasteiger partial charge in [0.15, 0.2) is 0 Å². The molecule has 0 aliphatic rings. The number of methoxy groups -OCH3 is 1. The van der Waals surface area contributed by atoms with Crippen molar-refractivity contribution in [3.8, 4) is 0 Å². The Balaban J connectivity index is 2.40. The largest absolute Gasteiger partial charge is 0.392 e. The van der Waals surface area contributed by atoms with Gasteiger partial charge in [-0.15, -0.1) is 0 Å². The maximum atomic E-state index is 11.8. The third-order valence-electron chi connectivity index (χ3n) is 2.66. The maximum absolute atomic E-state index is 11.8. The van der Waals surface area contributed by atoms with Crippen molar-refractivity contribution in [2.24, 2.45) is 0 Å². The van der Waals surface area contributed by atoms with Crippen molar-refractivity contribution in [1.29, 1.82) is 0 Å². The van der Waals surface area contributed by atoms with Gasteiger partial charge in [-0.1, -0.05) is 24.3 Å². The van der Waals surface area contributed by atoms with Crippen molar-refractivity contribution < 1.29 is 18.3 Å². The maximum Gasteiger partial charge on any atom is 0.215 e. The van der Waals surface area contributed by atoms with Crippen LogP contribution in [-0.2, 0) is 27.1 Å². The molecular weight excluding hydrogens is 266 g/mol. The van der Waals surface area contributed by atoms with Gasteiger partial charge in [0.05, 0.1) is 12.4 Å². The summed E-state index contributed by atoms with van der Waals surface area (Å²) in [6.45, 7) is 1.04. The summed E-state index contributed by atoms with van der Waals surface area (Å²) < 4.78 is 31.0. The fraction of sp³-hybridized carbons (Fsp3) is 0.538. The van der Waals surface area contributed by atoms with Crippen LogP contribution in [0, 0.1) is 0 Å². The molecule has 19 heavy (non-hydrogen) atoms. The molecule has 0 saturated carbocycles. The minimum Gasteiger partial charge on any atom is -0.392 e. The zero-order valence-electron chi connectivity index (χ0n) is 11.1. The predicted octanol–water partition coefficient (Wildman–Crippen LogP) is 1.02. The Morgan fingerprint density at radius 3 is 2.37 bits per heavy atom. The monoisotopic (exact) mass is 287 g/mol. The van der Waals surface area contributed by atoms with Crippen molar-refractivity contribution in [3.05, 3.63) is 35.4 Å². The Kier molecular flexibility index (Phi) is 7.01. The first-order chi connectivity index (χ1) is 9.07. The van der Waals surface area contributed by atoms with E-state index in [1.54, 1.807) is 31.4 Å². The number of aliphatic hydroxyl groups is 1. The SMILES string of the molecule is COCCCCNS(=O)(=O)Cc1ccc(CO)cc1. The number of benzene rings is 1. The molecule has 6 heteroatoms. The van der Waals surface area contributed by atoms with Crippen LogP contribution in [0.5, 0.6) is 0 Å². The van der Waals surface area contributed by atoms with E-state index >= 15 is 0 Å². The molecule has 1 aromatic rings. The third kappa shape index (κ3) is 6.68. The van der Waals surface area contributed by atoms with Crippen molar-refractivity contribution in [1.82, 2.24) is 4.72 Å². The number of aliphatic hydroxyl groups excluding tert-OH is 1. The van der Waals surface area contributed by atoms with Crippen molar-refractivity contribution in [2.75, 3.05) is 20.3 Å². The van der Waals surface area contributed by atoms with Gasteiger partial charge in [0, 0.05) is 20.3 Å². The van der Waals surface area contributed by atoms with Crippen LogP contribution in [0.15, 0.2) is 24.3 Å². The summed E-state index contributed by atoms with van der Waals surface area (Å²) in [6, 6.07) is 6.89. The Morgan fingerprint density at radius 2 is 1.79 bits per heavy atom. The van der Waals surface area contributed by atoms with Crippen LogP contribution in [0.1, 0.15) is 24.0 Å². The summed E-state index contributed by atoms with van der Waals surface area (Å²) in [5, 5.41) is 8.91. The van der Waals surface area contributed by atoms with Crippen LogP contribution in [0.4, 0.5) is 0 Å². The van der Waals surface area contributed by atoms with Crippen molar-refractivity contribution in [3.63, 3.8) is 0 Å². The van der Waals surface area contributed by atoms with Gasteiger partial charge in [-0.05, 0) is 24.0 Å². The van der Waals surface area contributed by atoms with Gasteiger partial charge in [0.2, 0.25) is 10.0 Å². The van der Waals surface area contributed by atoms with Gasteiger partial charge in [-0.3, -0.25) is 0 Å². The zero-order chi connectivity index (χ0) is 14.1. The van der Waals surface area contributed by atoms with E-state index in [4.69, 9.17) is 9.84 Å². The first kappa shape index (κ1) is 16.1. The van der Waals surface area contributed by atoms with E-state index in [-0.39, 0.29) is 12.4 Å². The first-order valence-electron chi connectivity index (χ1n) is 6.22. The second-order valence-corrected chi connectivity index (χ2v) is 6.13. The summed E-state index contributed by atoms with van der Waals surface area (Å²) in [4.78, 5) is 0. The van der Waals surface area contributed by atoms with Gasteiger partial charge in [-0.25, -0.2) is 13.1 Å². The second kappa shape index (κ2) is 8.27. The number of sulfonamides is 1. The number of hydrogen-bond donors (Lipinski definition) is 2. The van der Waals surface area contributed by atoms with Crippen LogP contribution in [0.2, 0.25) is 0 Å². The van der Waals surface area contributed by atoms with Gasteiger partial charge < -0.3 is 9.84 Å². The Bertz CT molecular complexity index is 456. The molecule has 1 rings (SSSR count). The second-order valence-electron chi connectivity index (χ2n) is 4.33. The van der Waals surface area contributed by atoms with E-state index in [2.05, 4.69) is 4.72 Å². The topological polar surface area (TPSA) is 75.6 Å². The van der Waals surface area contributed by atoms with Crippen LogP contribution in [0.25, 0.3) is 0 Å². The van der Waals surface area contributed by atoms with E-state index in [1.165, 1.54) is 0 Å². The minimum atomic E-state index is -3.29. The van der Waals surface area contributed by atoms with Crippen molar-refractivity contribution >= 4 is 10.0 Å². The van der Waals surface area contributed by atoms with Crippen LogP contribution in [0.3, 0.4) is 0 Å². The first-order valence-corrected chi connectivity index (χ1v) is 7.87. The van der Waals surface area contributed by atoms with E-state index < -0.39 is 10.0 Å². The van der Waals surface area contributed by atoms with E-state index in [0.29, 0.717) is 18.7 Å². The average Bonchev–Trinajstić information content (AvgIpc) is 2.39. The van der Waals surface area contributed by atoms with Gasteiger partial charge in [-0.2, -0.15) is 0 Å². The molecule has 0 amide bonds. The molecule has 0 aliphatic carbocycles. The van der Waals surface area contributed by atoms with Gasteiger partial charge in [0.1, 0.15) is 0 Å². The minimum absolute atomic E-state index is 0.0369. The molecule has 0 bridgehead atoms. The molecule has 0 unspecified atom stereocenters. The molecule has 1 aromatic carbocycles. The molecule has 0 heterocycles. The molecule has 5 nitrogen and oxygen atoms in total. The number of unbranched alkanes of at least 4 members (excludes halogenated alkanes) is 1. The van der Waals surface area contributed by atoms with E-state index in [0.717, 1.165) is 18.4 Å². The lowest BCUT2D eigenvalue weighted by Crippen LogP contribution is -2.26. The summed E-state index contributed by atoms with van der Waals surface area (Å²) in [5.74, 6) is -0.0387. The van der Waals surface area contributed by atoms with E-state index in [1.807, 2.05) is 0 Å². The highest BCUT2D eigenvalue weighted by atomic mass is 32.2. The summed E-state index contributed by atoms with van der Waals surface area (Å²) in [7, 11) is -1.67. The molecule has 0 spiro atoms. The van der Waals surface area contributed by atoms with E-state index in [9.17, 15) is 8.42 Å². The highest BCUT2D eigenvalue weighted by Gasteiger charge is 2.10. The van der Waals surface area contributed by atoms with Crippen LogP contribution < -0.4 is 4.72 Å². The van der Waals surface area contributed by atoms with Crippen molar-refractivity contribution in [2.45, 2.75) is 25.2 Å². The summed E-state index contributed by atoms with van der Waals surface area (Å²) in [5.41, 5.74) is 1.48. The number of nitrogens with one attached hydrogen (secondary N) is 1. The molecule has 108 valence electrons. The molecule has 0 aliphatic heterocycles. The number of hydrogen-bond acceptors (Lipinski definition) is 4. The lowest BCUT2D eigenvalue weighted by molar-refractivity contribution is 0.193. The normalized spacial score (nSPS) is 11.7. The number of ether oxygens (including phenoxy) is 1. The Morgan fingerprint density at radius 1 is 1.16 bits per heavy atom. The van der Waals surface area contributed by atoms with Crippen LogP contribution >= 0.6 is 0 Å². The van der Waals surface area contributed by atoms with Crippen LogP contribution in [-0.4, -0.2) is 33.8 Å². The molecule has 0 aromatic heterocycles. The standard InChI is InChI=1S/C13H21NO4S/c1-18-9-3-2-8-14-19(16,17)11-13-6-4-12(10-15)5-7-13/h4-7,14-15H,2-3,8-11H2,1H3. The quantitative estimate of drug-likeness (QED) is 0.665. The average molecular weight is 287 g/mol. The molecule has 2 N–H and O–H groups in total. The highest BCUT2D eigenvalue weighted by Crippen LogP contribution is 2.07. The fourth-order valence-electron chi connectivity index (χ4n) is 1.61. The lowest BCUT2D eigenvalue weighted by atomic mass is 10.2. The third-order valence-corrected chi connectivity index (χ3v) is 4.02. The Hall–Kier alpha value is -0.950. The summed E-state index contributed by atoms with van der Waals surface area (Å²) in [6.07, 6.45) is 1.60. The molecule has 0 radical (unpaired) electrons. The summed E-state index contributed by atoms with van der Waals surface area (Å²) >= 11 is 0. The smallest absolute Gasteiger partial charge is 0.215 e. The van der Waals surface area contributed by atoms with Gasteiger partial charge in [0.25, 0.3) is 0 Å². The number of rotatable bonds is 9. The molecule has 0 fully saturated rings. The zero-order valence-corrected chi connectivity index (χ0v) is 11.9. The molecule has 0 saturated heterocycles. The lowest BCUT2D eigenvalue weighted by Gasteiger charge is -2.07. The fourth-order valence-corrected chi connectivity index (χ4v) is 2.80. The molecule has 0 atom stereocenters. The molecular formula is C13H21NO4S.